The molecule has 1 aromatic rings. The van der Waals surface area contributed by atoms with Crippen molar-refractivity contribution in [1.29, 1.82) is 0 Å². The van der Waals surface area contributed by atoms with Crippen molar-refractivity contribution in [3.8, 4) is 0 Å². The van der Waals surface area contributed by atoms with Crippen LogP contribution in [0.25, 0.3) is 0 Å². The average molecular weight is 355 g/mol. The molecule has 1 saturated heterocycles. The topological polar surface area (TPSA) is 104 Å². The van der Waals surface area contributed by atoms with Gasteiger partial charge in [-0.25, -0.2) is 14.0 Å². The molecule has 1 aromatic carbocycles. The Hall–Kier alpha value is -2.48. The normalized spacial score (nSPS) is 17.1. The second-order valence-corrected chi connectivity index (χ2v) is 5.56. The van der Waals surface area contributed by atoms with E-state index in [0.29, 0.717) is 6.61 Å². The Kier molecular flexibility index (Phi) is 8.55. The summed E-state index contributed by atoms with van der Waals surface area (Å²) in [6.45, 7) is 4.74. The standard InChI is InChI=1S/C15H20FNO2.C2H2O4/c1-2-19-15(18)13-4-3-9-17(11-13)10-12-5-7-14(16)8-6-12;3-1(4)2(5)6/h5-8,13H,2-4,9-11H2,1H3;(H,3,4)(H,5,6). The van der Waals surface area contributed by atoms with E-state index in [0.717, 1.165) is 38.0 Å². The third-order valence-corrected chi connectivity index (χ3v) is 3.63. The van der Waals surface area contributed by atoms with E-state index in [2.05, 4.69) is 4.90 Å². The van der Waals surface area contributed by atoms with Crippen molar-refractivity contribution >= 4 is 17.9 Å². The summed E-state index contributed by atoms with van der Waals surface area (Å²) in [5.41, 5.74) is 1.07. The van der Waals surface area contributed by atoms with Gasteiger partial charge in [-0.15, -0.1) is 0 Å². The van der Waals surface area contributed by atoms with Crippen LogP contribution < -0.4 is 0 Å². The van der Waals surface area contributed by atoms with Crippen LogP contribution in [0.3, 0.4) is 0 Å². The summed E-state index contributed by atoms with van der Waals surface area (Å²) in [4.78, 5) is 32.2. The van der Waals surface area contributed by atoms with Gasteiger partial charge in [-0.05, 0) is 44.0 Å². The first kappa shape index (κ1) is 20.6. The summed E-state index contributed by atoms with van der Waals surface area (Å²) in [6.07, 6.45) is 1.91. The van der Waals surface area contributed by atoms with E-state index < -0.39 is 11.9 Å². The summed E-state index contributed by atoms with van der Waals surface area (Å²) in [5.74, 6) is -3.97. The maximum Gasteiger partial charge on any atom is 0.414 e. The zero-order chi connectivity index (χ0) is 18.8. The fraction of sp³-hybridized carbons (Fsp3) is 0.471. The smallest absolute Gasteiger partial charge is 0.414 e. The number of hydrogen-bond donors (Lipinski definition) is 2. The van der Waals surface area contributed by atoms with Gasteiger partial charge in [0.05, 0.1) is 12.5 Å². The Morgan fingerprint density at radius 3 is 2.32 bits per heavy atom. The summed E-state index contributed by atoms with van der Waals surface area (Å²) in [6, 6.07) is 6.54. The molecule has 138 valence electrons. The molecule has 0 spiro atoms. The first-order chi connectivity index (χ1) is 11.8. The van der Waals surface area contributed by atoms with Crippen molar-refractivity contribution in [2.75, 3.05) is 19.7 Å². The van der Waals surface area contributed by atoms with Gasteiger partial charge in [-0.3, -0.25) is 9.69 Å². The van der Waals surface area contributed by atoms with Crippen molar-refractivity contribution in [3.05, 3.63) is 35.6 Å². The molecular weight excluding hydrogens is 333 g/mol. The molecule has 0 saturated carbocycles. The summed E-state index contributed by atoms with van der Waals surface area (Å²) in [5, 5.41) is 14.8. The van der Waals surface area contributed by atoms with E-state index in [1.165, 1.54) is 12.1 Å². The van der Waals surface area contributed by atoms with Gasteiger partial charge < -0.3 is 14.9 Å². The molecule has 0 bridgehead atoms. The van der Waals surface area contributed by atoms with E-state index in [4.69, 9.17) is 24.5 Å². The number of aliphatic carboxylic acids is 2. The molecule has 1 heterocycles. The minimum absolute atomic E-state index is 0.0193. The molecule has 1 atom stereocenters. The lowest BCUT2D eigenvalue weighted by atomic mass is 9.98. The van der Waals surface area contributed by atoms with Gasteiger partial charge in [0.25, 0.3) is 0 Å². The Bertz CT molecular complexity index is 577. The lowest BCUT2D eigenvalue weighted by Gasteiger charge is -2.31. The minimum atomic E-state index is -1.82. The van der Waals surface area contributed by atoms with Crippen LogP contribution in [0.1, 0.15) is 25.3 Å². The van der Waals surface area contributed by atoms with E-state index in [-0.39, 0.29) is 17.7 Å². The van der Waals surface area contributed by atoms with Gasteiger partial charge in [-0.1, -0.05) is 12.1 Å². The highest BCUT2D eigenvalue weighted by Gasteiger charge is 2.26. The van der Waals surface area contributed by atoms with E-state index in [9.17, 15) is 9.18 Å². The SMILES string of the molecule is CCOC(=O)C1CCCN(Cc2ccc(F)cc2)C1.O=C(O)C(=O)O. The minimum Gasteiger partial charge on any atom is -0.473 e. The number of benzene rings is 1. The highest BCUT2D eigenvalue weighted by Crippen LogP contribution is 2.20. The number of esters is 1. The Morgan fingerprint density at radius 1 is 1.20 bits per heavy atom. The van der Waals surface area contributed by atoms with E-state index in [1.54, 1.807) is 12.1 Å². The number of carboxylic acids is 2. The van der Waals surface area contributed by atoms with Crippen LogP contribution in [0.4, 0.5) is 4.39 Å². The van der Waals surface area contributed by atoms with Crippen molar-refractivity contribution in [2.24, 2.45) is 5.92 Å². The molecular formula is C17H22FNO6. The number of carboxylic acid groups (broad SMARTS) is 2. The molecule has 0 radical (unpaired) electrons. The number of likely N-dealkylation sites (tertiary alicyclic amines) is 1. The molecule has 1 unspecified atom stereocenters. The van der Waals surface area contributed by atoms with Gasteiger partial charge in [0.2, 0.25) is 0 Å². The quantitative estimate of drug-likeness (QED) is 0.626. The molecule has 1 aliphatic rings. The van der Waals surface area contributed by atoms with E-state index in [1.807, 2.05) is 6.92 Å². The average Bonchev–Trinajstić information content (AvgIpc) is 2.58. The lowest BCUT2D eigenvalue weighted by Crippen LogP contribution is -2.38. The second-order valence-electron chi connectivity index (χ2n) is 5.56. The number of nitrogens with zero attached hydrogens (tertiary/aromatic N) is 1. The number of halogens is 1. The first-order valence-corrected chi connectivity index (χ1v) is 7.93. The monoisotopic (exact) mass is 355 g/mol. The number of carbonyl (C=O) groups is 3. The summed E-state index contributed by atoms with van der Waals surface area (Å²) >= 11 is 0. The number of rotatable bonds is 4. The van der Waals surface area contributed by atoms with Crippen molar-refractivity contribution in [2.45, 2.75) is 26.3 Å². The fourth-order valence-corrected chi connectivity index (χ4v) is 2.50. The van der Waals surface area contributed by atoms with Gasteiger partial charge >= 0.3 is 17.9 Å². The van der Waals surface area contributed by atoms with Gasteiger partial charge in [0, 0.05) is 13.1 Å². The third kappa shape index (κ3) is 7.75. The molecule has 8 heteroatoms. The number of piperidine rings is 1. The molecule has 1 aliphatic heterocycles. The van der Waals surface area contributed by atoms with Crippen LogP contribution in [-0.2, 0) is 25.7 Å². The van der Waals surface area contributed by atoms with Crippen LogP contribution in [0.5, 0.6) is 0 Å². The first-order valence-electron chi connectivity index (χ1n) is 7.93. The van der Waals surface area contributed by atoms with Crippen LogP contribution in [0.2, 0.25) is 0 Å². The van der Waals surface area contributed by atoms with Crippen molar-refractivity contribution < 1.29 is 33.7 Å². The third-order valence-electron chi connectivity index (χ3n) is 3.63. The van der Waals surface area contributed by atoms with Crippen LogP contribution in [0.15, 0.2) is 24.3 Å². The Labute approximate surface area is 145 Å². The highest BCUT2D eigenvalue weighted by molar-refractivity contribution is 6.27. The van der Waals surface area contributed by atoms with E-state index >= 15 is 0 Å². The fourth-order valence-electron chi connectivity index (χ4n) is 2.50. The summed E-state index contributed by atoms with van der Waals surface area (Å²) < 4.78 is 17.9. The van der Waals surface area contributed by atoms with Crippen LogP contribution in [-0.4, -0.2) is 52.7 Å². The number of ether oxygens (including phenoxy) is 1. The Morgan fingerprint density at radius 2 is 1.80 bits per heavy atom. The van der Waals surface area contributed by atoms with Crippen LogP contribution in [0, 0.1) is 11.7 Å². The predicted molar refractivity (Wildman–Crippen MR) is 86.3 cm³/mol. The zero-order valence-electron chi connectivity index (χ0n) is 14.0. The molecule has 0 amide bonds. The highest BCUT2D eigenvalue weighted by atomic mass is 19.1. The molecule has 0 aliphatic carbocycles. The molecule has 7 nitrogen and oxygen atoms in total. The maximum atomic E-state index is 12.8. The number of hydrogen-bond acceptors (Lipinski definition) is 5. The molecule has 2 rings (SSSR count). The predicted octanol–water partition coefficient (Wildman–Crippen LogP) is 1.76. The van der Waals surface area contributed by atoms with Crippen molar-refractivity contribution in [1.82, 2.24) is 4.90 Å². The lowest BCUT2D eigenvalue weighted by molar-refractivity contribution is -0.159. The summed E-state index contributed by atoms with van der Waals surface area (Å²) in [7, 11) is 0. The largest absolute Gasteiger partial charge is 0.473 e. The Balaban J connectivity index is 0.000000450. The van der Waals surface area contributed by atoms with Gasteiger partial charge in [0.1, 0.15) is 5.82 Å². The van der Waals surface area contributed by atoms with Gasteiger partial charge in [0.15, 0.2) is 0 Å². The van der Waals surface area contributed by atoms with Crippen molar-refractivity contribution in [3.63, 3.8) is 0 Å². The maximum absolute atomic E-state index is 12.8. The second kappa shape index (κ2) is 10.4. The zero-order valence-corrected chi connectivity index (χ0v) is 14.0. The molecule has 2 N–H and O–H groups in total. The van der Waals surface area contributed by atoms with Crippen LogP contribution >= 0.6 is 0 Å². The molecule has 1 fully saturated rings. The van der Waals surface area contributed by atoms with Gasteiger partial charge in [-0.2, -0.15) is 0 Å². The number of carbonyl (C=O) groups excluding carboxylic acids is 1. The molecule has 25 heavy (non-hydrogen) atoms. The molecule has 0 aromatic heterocycles.